The lowest BCUT2D eigenvalue weighted by Crippen LogP contribution is -2.14. The van der Waals surface area contributed by atoms with Gasteiger partial charge in [-0.25, -0.2) is 8.42 Å². The highest BCUT2D eigenvalue weighted by atomic mass is 79.9. The molecule has 1 saturated carbocycles. The average Bonchev–Trinajstić information content (AvgIpc) is 3.26. The van der Waals surface area contributed by atoms with Gasteiger partial charge in [0.05, 0.1) is 17.0 Å². The fraction of sp³-hybridized carbons (Fsp3) is 0.176. The van der Waals surface area contributed by atoms with Gasteiger partial charge in [0.2, 0.25) is 0 Å². The molecule has 0 saturated heterocycles. The molecule has 1 aliphatic rings. The minimum Gasteiger partial charge on any atom is -0.223 e. The summed E-state index contributed by atoms with van der Waals surface area (Å²) in [6.45, 7) is 0. The predicted octanol–water partition coefficient (Wildman–Crippen LogP) is 4.08. The fourth-order valence-electron chi connectivity index (χ4n) is 2.95. The zero-order valence-electron chi connectivity index (χ0n) is 12.1. The molecular formula is C17H10BrClN2O2S. The molecule has 1 fully saturated rings. The van der Waals surface area contributed by atoms with Crippen molar-refractivity contribution in [1.29, 1.82) is 10.5 Å². The minimum atomic E-state index is -3.84. The second kappa shape index (κ2) is 5.89. The van der Waals surface area contributed by atoms with Crippen molar-refractivity contribution in [1.82, 2.24) is 0 Å². The zero-order chi connectivity index (χ0) is 17.5. The van der Waals surface area contributed by atoms with E-state index in [-0.39, 0.29) is 4.90 Å². The molecule has 0 radical (unpaired) electrons. The topological polar surface area (TPSA) is 81.7 Å². The van der Waals surface area contributed by atoms with E-state index in [9.17, 15) is 18.9 Å². The molecule has 2 atom stereocenters. The maximum Gasteiger partial charge on any atom is 0.184 e. The maximum atomic E-state index is 12.9. The number of rotatable bonds is 3. The normalized spacial score (nSPS) is 21.5. The molecule has 2 aromatic carbocycles. The summed E-state index contributed by atoms with van der Waals surface area (Å²) in [4.78, 5) is 0.0615. The quantitative estimate of drug-likeness (QED) is 0.748. The lowest BCUT2D eigenvalue weighted by Gasteiger charge is -2.04. The first kappa shape index (κ1) is 17.0. The Kier molecular flexibility index (Phi) is 4.17. The first-order valence-electron chi connectivity index (χ1n) is 6.94. The van der Waals surface area contributed by atoms with E-state index in [0.717, 1.165) is 4.47 Å². The molecule has 0 aliphatic heterocycles. The third-order valence-corrected chi connectivity index (χ3v) is 7.23. The van der Waals surface area contributed by atoms with Crippen molar-refractivity contribution in [3.63, 3.8) is 0 Å². The summed E-state index contributed by atoms with van der Waals surface area (Å²) < 4.78 is 26.7. The summed E-state index contributed by atoms with van der Waals surface area (Å²) in [5.74, 6) is -0.679. The monoisotopic (exact) mass is 420 g/mol. The van der Waals surface area contributed by atoms with Gasteiger partial charge in [-0.2, -0.15) is 10.5 Å². The molecule has 24 heavy (non-hydrogen) atoms. The molecule has 0 bridgehead atoms. The van der Waals surface area contributed by atoms with Crippen molar-refractivity contribution >= 4 is 37.4 Å². The number of hydrogen-bond acceptors (Lipinski definition) is 4. The van der Waals surface area contributed by atoms with Crippen LogP contribution in [0.1, 0.15) is 11.5 Å². The van der Waals surface area contributed by atoms with Gasteiger partial charge in [-0.15, -0.1) is 0 Å². The number of hydrogen-bond donors (Lipinski definition) is 0. The van der Waals surface area contributed by atoms with Gasteiger partial charge in [0.25, 0.3) is 0 Å². The zero-order valence-corrected chi connectivity index (χ0v) is 15.3. The highest BCUT2D eigenvalue weighted by Crippen LogP contribution is 2.63. The second-order valence-electron chi connectivity index (χ2n) is 5.54. The smallest absolute Gasteiger partial charge is 0.184 e. The van der Waals surface area contributed by atoms with Gasteiger partial charge < -0.3 is 0 Å². The Morgan fingerprint density at radius 2 is 1.54 bits per heavy atom. The number of halogens is 2. The molecule has 7 heteroatoms. The minimum absolute atomic E-state index is 0.0615. The summed E-state index contributed by atoms with van der Waals surface area (Å²) in [5.41, 5.74) is -0.921. The van der Waals surface area contributed by atoms with E-state index in [1.165, 1.54) is 24.3 Å². The van der Waals surface area contributed by atoms with Crippen LogP contribution >= 0.6 is 27.5 Å². The molecule has 0 heterocycles. The van der Waals surface area contributed by atoms with Crippen LogP contribution in [0.4, 0.5) is 0 Å². The van der Waals surface area contributed by atoms with Crippen molar-refractivity contribution in [2.75, 3.05) is 0 Å². The molecule has 0 unspecified atom stereocenters. The SMILES string of the molecule is N#CC1(C#N)[C@@H](c2ccc(Br)cc2)[C@@H]1S(=O)(=O)c1ccc(Cl)cc1. The second-order valence-corrected chi connectivity index (χ2v) is 8.96. The van der Waals surface area contributed by atoms with Gasteiger partial charge in [-0.3, -0.25) is 0 Å². The number of benzene rings is 2. The molecule has 0 aromatic heterocycles. The third-order valence-electron chi connectivity index (χ3n) is 4.21. The third kappa shape index (κ3) is 2.52. The van der Waals surface area contributed by atoms with Gasteiger partial charge in [0, 0.05) is 15.4 Å². The molecule has 0 N–H and O–H groups in total. The Balaban J connectivity index is 2.09. The lowest BCUT2D eigenvalue weighted by molar-refractivity contribution is 0.591. The summed E-state index contributed by atoms with van der Waals surface area (Å²) in [6.07, 6.45) is 0. The van der Waals surface area contributed by atoms with E-state index in [1.807, 2.05) is 12.1 Å². The van der Waals surface area contributed by atoms with Crippen molar-refractivity contribution in [3.8, 4) is 12.1 Å². The summed E-state index contributed by atoms with van der Waals surface area (Å²) in [6, 6.07) is 16.6. The largest absolute Gasteiger partial charge is 0.223 e. The van der Waals surface area contributed by atoms with E-state index < -0.39 is 26.4 Å². The van der Waals surface area contributed by atoms with Crippen LogP contribution in [-0.2, 0) is 9.84 Å². The summed E-state index contributed by atoms with van der Waals surface area (Å²) >= 11 is 9.12. The Bertz CT molecular complexity index is 959. The van der Waals surface area contributed by atoms with Crippen LogP contribution in [0.2, 0.25) is 5.02 Å². The van der Waals surface area contributed by atoms with Crippen LogP contribution in [0.3, 0.4) is 0 Å². The van der Waals surface area contributed by atoms with E-state index >= 15 is 0 Å². The van der Waals surface area contributed by atoms with E-state index in [0.29, 0.717) is 10.6 Å². The van der Waals surface area contributed by atoms with Crippen molar-refractivity contribution in [3.05, 3.63) is 63.6 Å². The Hall–Kier alpha value is -1.86. The standard InChI is InChI=1S/C17H10BrClN2O2S/c18-12-3-1-11(2-4-12)15-16(17(15,9-20)10-21)24(22,23)14-7-5-13(19)6-8-14/h1-8,15-16H/t15-,16-/m0/s1. The first-order valence-corrected chi connectivity index (χ1v) is 9.66. The van der Waals surface area contributed by atoms with Crippen LogP contribution in [0, 0.1) is 28.1 Å². The number of nitrogens with zero attached hydrogens (tertiary/aromatic N) is 2. The lowest BCUT2D eigenvalue weighted by atomic mass is 10.0. The predicted molar refractivity (Wildman–Crippen MR) is 93.0 cm³/mol. The average molecular weight is 422 g/mol. The molecule has 0 amide bonds. The maximum absolute atomic E-state index is 12.9. The molecule has 0 spiro atoms. The first-order chi connectivity index (χ1) is 11.4. The van der Waals surface area contributed by atoms with Crippen LogP contribution in [0.15, 0.2) is 57.9 Å². The number of sulfone groups is 1. The van der Waals surface area contributed by atoms with E-state index in [1.54, 1.807) is 24.3 Å². The molecule has 120 valence electrons. The van der Waals surface area contributed by atoms with Gasteiger partial charge in [-0.1, -0.05) is 39.7 Å². The number of nitriles is 2. The van der Waals surface area contributed by atoms with E-state index in [4.69, 9.17) is 11.6 Å². The molecule has 3 rings (SSSR count). The van der Waals surface area contributed by atoms with Crippen LogP contribution < -0.4 is 0 Å². The van der Waals surface area contributed by atoms with Crippen molar-refractivity contribution in [2.45, 2.75) is 16.1 Å². The van der Waals surface area contributed by atoms with Crippen molar-refractivity contribution < 1.29 is 8.42 Å². The van der Waals surface area contributed by atoms with Gasteiger partial charge >= 0.3 is 0 Å². The summed E-state index contributed by atoms with van der Waals surface area (Å²) in [5, 5.41) is 18.3. The Morgan fingerprint density at radius 1 is 1.00 bits per heavy atom. The summed E-state index contributed by atoms with van der Waals surface area (Å²) in [7, 11) is -3.84. The highest BCUT2D eigenvalue weighted by Gasteiger charge is 2.73. The van der Waals surface area contributed by atoms with Crippen LogP contribution in [0.25, 0.3) is 0 Å². The molecule has 1 aliphatic carbocycles. The van der Waals surface area contributed by atoms with Gasteiger partial charge in [0.15, 0.2) is 15.3 Å². The van der Waals surface area contributed by atoms with Crippen molar-refractivity contribution in [2.24, 2.45) is 5.41 Å². The molecule has 2 aromatic rings. The van der Waals surface area contributed by atoms with Gasteiger partial charge in [-0.05, 0) is 42.0 Å². The molecule has 4 nitrogen and oxygen atoms in total. The van der Waals surface area contributed by atoms with Crippen LogP contribution in [-0.4, -0.2) is 13.7 Å². The Morgan fingerprint density at radius 3 is 2.04 bits per heavy atom. The van der Waals surface area contributed by atoms with Crippen LogP contribution in [0.5, 0.6) is 0 Å². The molecular weight excluding hydrogens is 412 g/mol. The Labute approximate surface area is 153 Å². The van der Waals surface area contributed by atoms with E-state index in [2.05, 4.69) is 15.9 Å². The van der Waals surface area contributed by atoms with Gasteiger partial charge in [0.1, 0.15) is 5.25 Å². The fourth-order valence-corrected chi connectivity index (χ4v) is 5.54. The highest BCUT2D eigenvalue weighted by molar-refractivity contribution is 9.10.